The number of nitrogens with zero attached hydrogens (tertiary/aromatic N) is 1. The van der Waals surface area contributed by atoms with Gasteiger partial charge in [0.05, 0.1) is 5.69 Å². The zero-order chi connectivity index (χ0) is 15.3. The van der Waals surface area contributed by atoms with Crippen LogP contribution in [-0.4, -0.2) is 39.5 Å². The van der Waals surface area contributed by atoms with E-state index in [0.29, 0.717) is 13.1 Å². The lowest BCUT2D eigenvalue weighted by Crippen LogP contribution is -2.35. The Morgan fingerprint density at radius 1 is 1.19 bits per heavy atom. The van der Waals surface area contributed by atoms with Gasteiger partial charge < -0.3 is 10.6 Å². The molecule has 0 spiro atoms. The molecule has 1 saturated heterocycles. The van der Waals surface area contributed by atoms with Gasteiger partial charge in [0, 0.05) is 13.1 Å². The number of halogens is 1. The summed E-state index contributed by atoms with van der Waals surface area (Å²) in [6.07, 6.45) is 4.79. The molecule has 0 aromatic heterocycles. The van der Waals surface area contributed by atoms with Gasteiger partial charge in [-0.25, -0.2) is 17.5 Å². The van der Waals surface area contributed by atoms with E-state index >= 15 is 0 Å². The lowest BCUT2D eigenvalue weighted by atomic mass is 10.2. The minimum Gasteiger partial charge on any atom is -0.395 e. The number of hydrogen-bond acceptors (Lipinski definition) is 4. The van der Waals surface area contributed by atoms with Crippen molar-refractivity contribution >= 4 is 15.7 Å². The van der Waals surface area contributed by atoms with Gasteiger partial charge in [-0.2, -0.15) is 0 Å². The third kappa shape index (κ3) is 4.39. The number of nitrogens with two attached hydrogens (primary N) is 1. The number of nitrogens with one attached hydrogen (secondary N) is 1. The van der Waals surface area contributed by atoms with E-state index in [-0.39, 0.29) is 10.6 Å². The third-order valence-electron chi connectivity index (χ3n) is 3.72. The molecule has 0 aliphatic carbocycles. The second-order valence-corrected chi connectivity index (χ2v) is 7.04. The molecule has 0 radical (unpaired) electrons. The van der Waals surface area contributed by atoms with Crippen LogP contribution in [0.5, 0.6) is 0 Å². The Labute approximate surface area is 125 Å². The fourth-order valence-corrected chi connectivity index (χ4v) is 3.69. The summed E-state index contributed by atoms with van der Waals surface area (Å²) in [6, 6.07) is 3.80. The molecule has 3 N–H and O–H groups in total. The van der Waals surface area contributed by atoms with Gasteiger partial charge in [0.15, 0.2) is 0 Å². The largest absolute Gasteiger partial charge is 0.395 e. The first-order chi connectivity index (χ1) is 10.0. The first-order valence-corrected chi connectivity index (χ1v) is 8.75. The molecule has 0 unspecified atom stereocenters. The van der Waals surface area contributed by atoms with Crippen molar-refractivity contribution in [1.82, 2.24) is 9.62 Å². The molecule has 1 aliphatic heterocycles. The maximum Gasteiger partial charge on any atom is 0.242 e. The highest BCUT2D eigenvalue weighted by atomic mass is 32.2. The summed E-state index contributed by atoms with van der Waals surface area (Å²) in [7, 11) is -3.77. The molecule has 118 valence electrons. The molecule has 7 heteroatoms. The molecule has 0 atom stereocenters. The summed E-state index contributed by atoms with van der Waals surface area (Å²) >= 11 is 0. The minimum atomic E-state index is -3.77. The molecule has 1 fully saturated rings. The Morgan fingerprint density at radius 2 is 1.86 bits per heavy atom. The molecular weight excluding hydrogens is 293 g/mol. The fourth-order valence-electron chi connectivity index (χ4n) is 2.53. The fraction of sp³-hybridized carbons (Fsp3) is 0.571. The highest BCUT2D eigenvalue weighted by molar-refractivity contribution is 7.89. The second-order valence-electron chi connectivity index (χ2n) is 5.31. The van der Waals surface area contributed by atoms with Gasteiger partial charge >= 0.3 is 0 Å². The standard InChI is InChI=1S/C14H22FN3O2S/c15-12-6-5-7-13(14(12)16)21(19,20)17-8-11-18-9-3-1-2-4-10-18/h5-7,17H,1-4,8-11,16H2. The highest BCUT2D eigenvalue weighted by Crippen LogP contribution is 2.20. The summed E-state index contributed by atoms with van der Waals surface area (Å²) < 4.78 is 40.1. The van der Waals surface area contributed by atoms with Crippen molar-refractivity contribution in [3.05, 3.63) is 24.0 Å². The Hall–Kier alpha value is -1.18. The summed E-state index contributed by atoms with van der Waals surface area (Å²) in [4.78, 5) is 2.06. The number of benzene rings is 1. The van der Waals surface area contributed by atoms with Gasteiger partial charge in [-0.1, -0.05) is 18.9 Å². The number of rotatable bonds is 5. The molecule has 2 rings (SSSR count). The Kier molecular flexibility index (Phi) is 5.55. The topological polar surface area (TPSA) is 75.4 Å². The van der Waals surface area contributed by atoms with Crippen molar-refractivity contribution in [1.29, 1.82) is 0 Å². The van der Waals surface area contributed by atoms with Crippen LogP contribution in [0, 0.1) is 5.82 Å². The molecular formula is C14H22FN3O2S. The summed E-state index contributed by atoms with van der Waals surface area (Å²) in [6.45, 7) is 2.97. The maximum absolute atomic E-state index is 13.3. The van der Waals surface area contributed by atoms with E-state index < -0.39 is 15.8 Å². The molecule has 1 heterocycles. The van der Waals surface area contributed by atoms with Crippen LogP contribution in [0.15, 0.2) is 23.1 Å². The Morgan fingerprint density at radius 3 is 2.52 bits per heavy atom. The molecule has 0 amide bonds. The molecule has 1 aromatic rings. The number of para-hydroxylation sites is 1. The van der Waals surface area contributed by atoms with Crippen LogP contribution in [0.1, 0.15) is 25.7 Å². The maximum atomic E-state index is 13.3. The van der Waals surface area contributed by atoms with Crippen molar-refractivity contribution in [2.75, 3.05) is 31.9 Å². The van der Waals surface area contributed by atoms with E-state index in [2.05, 4.69) is 9.62 Å². The van der Waals surface area contributed by atoms with Crippen LogP contribution in [-0.2, 0) is 10.0 Å². The average molecular weight is 315 g/mol. The molecule has 1 aliphatic rings. The van der Waals surface area contributed by atoms with Crippen LogP contribution in [0.4, 0.5) is 10.1 Å². The monoisotopic (exact) mass is 315 g/mol. The van der Waals surface area contributed by atoms with Crippen molar-refractivity contribution in [2.24, 2.45) is 0 Å². The van der Waals surface area contributed by atoms with Gasteiger partial charge in [0.2, 0.25) is 10.0 Å². The normalized spacial score (nSPS) is 17.6. The smallest absolute Gasteiger partial charge is 0.242 e. The van der Waals surface area contributed by atoms with Crippen LogP contribution < -0.4 is 10.5 Å². The van der Waals surface area contributed by atoms with E-state index in [0.717, 1.165) is 32.0 Å². The molecule has 1 aromatic carbocycles. The van der Waals surface area contributed by atoms with Crippen LogP contribution >= 0.6 is 0 Å². The van der Waals surface area contributed by atoms with Gasteiger partial charge in [-0.3, -0.25) is 0 Å². The molecule has 21 heavy (non-hydrogen) atoms. The van der Waals surface area contributed by atoms with Crippen LogP contribution in [0.2, 0.25) is 0 Å². The van der Waals surface area contributed by atoms with E-state index in [1.807, 2.05) is 0 Å². The predicted molar refractivity (Wildman–Crippen MR) is 80.9 cm³/mol. The summed E-state index contributed by atoms with van der Waals surface area (Å²) in [5, 5.41) is 0. The molecule has 0 bridgehead atoms. The van der Waals surface area contributed by atoms with Gasteiger partial charge in [-0.15, -0.1) is 0 Å². The van der Waals surface area contributed by atoms with E-state index in [9.17, 15) is 12.8 Å². The van der Waals surface area contributed by atoms with Gasteiger partial charge in [0.25, 0.3) is 0 Å². The number of anilines is 1. The third-order valence-corrected chi connectivity index (χ3v) is 5.24. The Bertz CT molecular complexity index is 570. The van der Waals surface area contributed by atoms with Crippen molar-refractivity contribution in [3.8, 4) is 0 Å². The zero-order valence-electron chi connectivity index (χ0n) is 12.0. The van der Waals surface area contributed by atoms with Crippen LogP contribution in [0.25, 0.3) is 0 Å². The van der Waals surface area contributed by atoms with Gasteiger partial charge in [0.1, 0.15) is 10.7 Å². The molecule has 0 saturated carbocycles. The molecule has 5 nitrogen and oxygen atoms in total. The number of hydrogen-bond donors (Lipinski definition) is 2. The SMILES string of the molecule is Nc1c(F)cccc1S(=O)(=O)NCCN1CCCCCC1. The second kappa shape index (κ2) is 7.20. The summed E-state index contributed by atoms with van der Waals surface area (Å²) in [5.41, 5.74) is 5.17. The van der Waals surface area contributed by atoms with E-state index in [1.54, 1.807) is 0 Å². The number of nitrogen functional groups attached to an aromatic ring is 1. The first kappa shape index (κ1) is 16.2. The minimum absolute atomic E-state index is 0.196. The lowest BCUT2D eigenvalue weighted by Gasteiger charge is -2.19. The number of likely N-dealkylation sites (tertiary alicyclic amines) is 1. The average Bonchev–Trinajstić information content (AvgIpc) is 2.70. The quantitative estimate of drug-likeness (QED) is 0.809. The van der Waals surface area contributed by atoms with Gasteiger partial charge in [-0.05, 0) is 38.1 Å². The zero-order valence-corrected chi connectivity index (χ0v) is 12.8. The number of sulfonamides is 1. The lowest BCUT2D eigenvalue weighted by molar-refractivity contribution is 0.290. The predicted octanol–water partition coefficient (Wildman–Crippen LogP) is 1.56. The first-order valence-electron chi connectivity index (χ1n) is 7.27. The van der Waals surface area contributed by atoms with Crippen LogP contribution in [0.3, 0.4) is 0 Å². The highest BCUT2D eigenvalue weighted by Gasteiger charge is 2.19. The van der Waals surface area contributed by atoms with Crippen molar-refractivity contribution in [2.45, 2.75) is 30.6 Å². The van der Waals surface area contributed by atoms with E-state index in [1.165, 1.54) is 25.0 Å². The van der Waals surface area contributed by atoms with Crippen molar-refractivity contribution < 1.29 is 12.8 Å². The summed E-state index contributed by atoms with van der Waals surface area (Å²) in [5.74, 6) is -0.717. The van der Waals surface area contributed by atoms with Crippen molar-refractivity contribution in [3.63, 3.8) is 0 Å². The Balaban J connectivity index is 1.93. The van der Waals surface area contributed by atoms with E-state index in [4.69, 9.17) is 5.73 Å².